The van der Waals surface area contributed by atoms with E-state index in [0.29, 0.717) is 38.5 Å². The molecular weight excluding hydrogens is 973 g/mol. The monoisotopic (exact) mass is 1060 g/mol. The van der Waals surface area contributed by atoms with Crippen molar-refractivity contribution in [3.05, 3.63) is 48.6 Å². The van der Waals surface area contributed by atoms with Gasteiger partial charge in [-0.15, -0.1) is 0 Å². The molecule has 0 aromatic heterocycles. The number of amides is 4. The van der Waals surface area contributed by atoms with Crippen molar-refractivity contribution < 1.29 is 76.3 Å². The van der Waals surface area contributed by atoms with Gasteiger partial charge in [-0.05, 0) is 116 Å². The lowest BCUT2D eigenvalue weighted by Gasteiger charge is -2.47. The van der Waals surface area contributed by atoms with Crippen molar-refractivity contribution in [1.82, 2.24) is 21.3 Å². The molecule has 4 N–H and O–H groups in total. The van der Waals surface area contributed by atoms with Crippen LogP contribution in [0.3, 0.4) is 0 Å². The Balaban J connectivity index is 2.00. The van der Waals surface area contributed by atoms with Crippen molar-refractivity contribution in [2.75, 3.05) is 46.1 Å². The summed E-state index contributed by atoms with van der Waals surface area (Å²) >= 11 is 0. The van der Waals surface area contributed by atoms with Gasteiger partial charge in [0.1, 0.15) is 37.6 Å². The number of hydrogen-bond donors (Lipinski definition) is 4. The number of nitrogens with one attached hydrogen (secondary N) is 4. The van der Waals surface area contributed by atoms with Crippen LogP contribution >= 0.6 is 0 Å². The van der Waals surface area contributed by atoms with E-state index < -0.39 is 76.4 Å². The first kappa shape index (κ1) is 65.2. The molecule has 20 nitrogen and oxygen atoms in total. The summed E-state index contributed by atoms with van der Waals surface area (Å²) in [5.41, 5.74) is -3.17. The van der Waals surface area contributed by atoms with Gasteiger partial charge in [-0.3, -0.25) is 4.79 Å². The molecule has 0 heterocycles. The Morgan fingerprint density at radius 1 is 0.520 bits per heavy atom. The van der Waals surface area contributed by atoms with Crippen LogP contribution in [0.5, 0.6) is 0 Å². The topological polar surface area (TPSA) is 259 Å². The SMILES string of the molecule is C=C(C)C(=O)OCC(COC(=O)C(=C)C)OC(=O)NCC1(C)CC(NC(=O)C(C)(C)OCC(C)C(C)(C)OC(=O)NCC2(C)CC(NC(=O)OC(COC(=O)C(=C)C)COC(=O)C(=C)C)CC(C)(C)C2)CC(C)(C)C1. The Morgan fingerprint density at radius 3 is 1.24 bits per heavy atom. The first-order chi connectivity index (χ1) is 34.3. The highest BCUT2D eigenvalue weighted by Gasteiger charge is 2.45. The van der Waals surface area contributed by atoms with Gasteiger partial charge in [-0.2, -0.15) is 0 Å². The maximum Gasteiger partial charge on any atom is 0.407 e. The summed E-state index contributed by atoms with van der Waals surface area (Å²) in [6, 6.07) is -0.638. The zero-order valence-corrected chi connectivity index (χ0v) is 47.4. The number of carbonyl (C=O) groups is 8. The number of hydrogen-bond acceptors (Lipinski definition) is 16. The predicted octanol–water partition coefficient (Wildman–Crippen LogP) is 7.88. The summed E-state index contributed by atoms with van der Waals surface area (Å²) in [5, 5.41) is 11.8. The Labute approximate surface area is 444 Å². The Hall–Kier alpha value is -5.92. The average molecular weight is 1060 g/mol. The number of esters is 4. The Morgan fingerprint density at radius 2 is 0.867 bits per heavy atom. The van der Waals surface area contributed by atoms with E-state index in [-0.39, 0.29) is 103 Å². The molecule has 0 radical (unpaired) electrons. The highest BCUT2D eigenvalue weighted by atomic mass is 16.6. The summed E-state index contributed by atoms with van der Waals surface area (Å²) in [6.07, 6.45) is -0.751. The van der Waals surface area contributed by atoms with Crippen LogP contribution in [-0.2, 0) is 61.9 Å². The molecule has 0 spiro atoms. The Kier molecular flexibility index (Phi) is 23.7. The van der Waals surface area contributed by atoms with Crippen LogP contribution in [0.2, 0.25) is 0 Å². The van der Waals surface area contributed by atoms with Gasteiger partial charge in [0.25, 0.3) is 5.91 Å². The third-order valence-electron chi connectivity index (χ3n) is 13.2. The van der Waals surface area contributed by atoms with E-state index >= 15 is 0 Å². The van der Waals surface area contributed by atoms with Gasteiger partial charge in [0.2, 0.25) is 0 Å². The normalized spacial score (nSPS) is 21.5. The fraction of sp³-hybridized carbons (Fsp3) is 0.709. The Bertz CT molecular complexity index is 2090. The number of alkyl carbamates (subject to hydrolysis) is 3. The molecule has 0 bridgehead atoms. The molecule has 4 amide bonds. The molecule has 2 saturated carbocycles. The van der Waals surface area contributed by atoms with E-state index in [4.69, 9.17) is 37.9 Å². The molecule has 2 aliphatic carbocycles. The number of carbonyl (C=O) groups excluding carboxylic acids is 8. The van der Waals surface area contributed by atoms with Crippen molar-refractivity contribution >= 4 is 48.1 Å². The van der Waals surface area contributed by atoms with Crippen LogP contribution in [0.15, 0.2) is 48.6 Å². The van der Waals surface area contributed by atoms with Crippen LogP contribution in [0, 0.1) is 27.6 Å². The average Bonchev–Trinajstić information content (AvgIpc) is 3.26. The molecule has 424 valence electrons. The second kappa shape index (κ2) is 27.2. The van der Waals surface area contributed by atoms with Gasteiger partial charge in [0.05, 0.1) is 6.61 Å². The first-order valence-corrected chi connectivity index (χ1v) is 25.4. The molecule has 0 aromatic rings. The first-order valence-electron chi connectivity index (χ1n) is 25.4. The van der Waals surface area contributed by atoms with Crippen molar-refractivity contribution in [3.8, 4) is 0 Å². The fourth-order valence-electron chi connectivity index (χ4n) is 9.59. The van der Waals surface area contributed by atoms with Gasteiger partial charge in [0.15, 0.2) is 12.2 Å². The van der Waals surface area contributed by atoms with Crippen molar-refractivity contribution in [2.45, 2.75) is 178 Å². The summed E-state index contributed by atoms with van der Waals surface area (Å²) in [5.74, 6) is -3.47. The smallest absolute Gasteiger partial charge is 0.407 e. The standard InChI is InChI=1S/C55H88N4O16/c1-33(2)42(60)68-25-40(26-69-43(61)34(3)4)73-47(65)56-31-54(18)22-38(20-50(10,11)29-54)58-46(64)53(16,17)72-24-37(9)52(14,15)75-48(66)57-32-55(19)23-39(21-51(12,13)30-55)59-49(67)74-41(27-70-44(62)35(5)6)28-71-45(63)36(7)8/h37-41H,1,3,5,7,20-32H2,2,4,6,8-19H3,(H,56,65)(H,57,66)(H,58,64)(H,59,67). The van der Waals surface area contributed by atoms with E-state index in [1.54, 1.807) is 27.7 Å². The van der Waals surface area contributed by atoms with Crippen LogP contribution in [0.1, 0.15) is 142 Å². The molecule has 0 aliphatic heterocycles. The molecule has 20 heteroatoms. The molecule has 2 rings (SSSR count). The van der Waals surface area contributed by atoms with Crippen molar-refractivity contribution in [2.24, 2.45) is 27.6 Å². The van der Waals surface area contributed by atoms with Crippen LogP contribution < -0.4 is 21.3 Å². The van der Waals surface area contributed by atoms with Crippen LogP contribution in [-0.4, -0.2) is 130 Å². The molecular formula is C55H88N4O16. The van der Waals surface area contributed by atoms with Gasteiger partial charge in [0, 0.05) is 53.4 Å². The van der Waals surface area contributed by atoms with Gasteiger partial charge in [-0.1, -0.05) is 74.8 Å². The van der Waals surface area contributed by atoms with Gasteiger partial charge >= 0.3 is 42.2 Å². The summed E-state index contributed by atoms with van der Waals surface area (Å²) in [4.78, 5) is 102. The van der Waals surface area contributed by atoms with Gasteiger partial charge < -0.3 is 59.2 Å². The molecule has 2 aliphatic rings. The molecule has 5 atom stereocenters. The molecule has 0 saturated heterocycles. The lowest BCUT2D eigenvalue weighted by atomic mass is 9.62. The zero-order valence-electron chi connectivity index (χ0n) is 47.4. The van der Waals surface area contributed by atoms with E-state index in [1.807, 2.05) is 20.8 Å². The molecule has 0 aromatic carbocycles. The maximum atomic E-state index is 13.9. The van der Waals surface area contributed by atoms with E-state index in [9.17, 15) is 38.4 Å². The highest BCUT2D eigenvalue weighted by molar-refractivity contribution is 5.88. The summed E-state index contributed by atoms with van der Waals surface area (Å²) in [6.45, 7) is 40.2. The number of ether oxygens (including phenoxy) is 8. The molecule has 75 heavy (non-hydrogen) atoms. The van der Waals surface area contributed by atoms with E-state index in [1.165, 1.54) is 27.7 Å². The predicted molar refractivity (Wildman–Crippen MR) is 280 cm³/mol. The number of rotatable bonds is 26. The van der Waals surface area contributed by atoms with E-state index in [2.05, 4.69) is 75.3 Å². The fourth-order valence-corrected chi connectivity index (χ4v) is 9.59. The third kappa shape index (κ3) is 23.2. The van der Waals surface area contributed by atoms with Crippen molar-refractivity contribution in [1.29, 1.82) is 0 Å². The second-order valence-corrected chi connectivity index (χ2v) is 24.1. The van der Waals surface area contributed by atoms with Crippen molar-refractivity contribution in [3.63, 3.8) is 0 Å². The maximum absolute atomic E-state index is 13.9. The van der Waals surface area contributed by atoms with E-state index in [0.717, 1.165) is 0 Å². The van der Waals surface area contributed by atoms with Gasteiger partial charge in [-0.25, -0.2) is 33.6 Å². The summed E-state index contributed by atoms with van der Waals surface area (Å²) in [7, 11) is 0. The minimum Gasteiger partial charge on any atom is -0.458 e. The summed E-state index contributed by atoms with van der Waals surface area (Å²) < 4.78 is 43.9. The quantitative estimate of drug-likeness (QED) is 0.0365. The molecule has 5 unspecified atom stereocenters. The second-order valence-electron chi connectivity index (χ2n) is 24.1. The third-order valence-corrected chi connectivity index (χ3v) is 13.2. The molecule has 2 fully saturated rings. The van der Waals surface area contributed by atoms with Crippen LogP contribution in [0.25, 0.3) is 0 Å². The zero-order chi connectivity index (χ0) is 57.5. The largest absolute Gasteiger partial charge is 0.458 e. The lowest BCUT2D eigenvalue weighted by molar-refractivity contribution is -0.149. The highest BCUT2D eigenvalue weighted by Crippen LogP contribution is 2.47. The minimum atomic E-state index is -1.28. The minimum absolute atomic E-state index is 0.0727. The van der Waals surface area contributed by atoms with Crippen LogP contribution in [0.4, 0.5) is 14.4 Å². The lowest BCUT2D eigenvalue weighted by Crippen LogP contribution is -2.55.